The number of carbonyl (C=O) groups excluding carboxylic acids is 1. The molecule has 0 saturated heterocycles. The molecule has 0 aromatic heterocycles. The average molecular weight is 211 g/mol. The Morgan fingerprint density at radius 1 is 1.60 bits per heavy atom. The molecule has 0 bridgehead atoms. The van der Waals surface area contributed by atoms with E-state index in [4.69, 9.17) is 10.9 Å². The number of carbonyl (C=O) groups is 1. The van der Waals surface area contributed by atoms with Gasteiger partial charge in [-0.1, -0.05) is 11.2 Å². The Kier molecular flexibility index (Phi) is 3.22. The number of oxime groups is 1. The first-order valence-corrected chi connectivity index (χ1v) is 4.10. The fourth-order valence-corrected chi connectivity index (χ4v) is 1.13. The topological polar surface area (TPSA) is 87.7 Å². The summed E-state index contributed by atoms with van der Waals surface area (Å²) in [5.41, 5.74) is 5.32. The van der Waals surface area contributed by atoms with Crippen molar-refractivity contribution in [3.05, 3.63) is 29.6 Å². The summed E-state index contributed by atoms with van der Waals surface area (Å²) in [4.78, 5) is 10.8. The highest BCUT2D eigenvalue weighted by Gasteiger charge is 2.13. The van der Waals surface area contributed by atoms with E-state index in [9.17, 15) is 9.18 Å². The zero-order chi connectivity index (χ0) is 11.4. The fourth-order valence-electron chi connectivity index (χ4n) is 1.13. The minimum Gasteiger partial charge on any atom is -0.409 e. The Hall–Kier alpha value is -2.11. The molecule has 1 aromatic carbocycles. The number of anilines is 1. The van der Waals surface area contributed by atoms with Gasteiger partial charge in [0.1, 0.15) is 5.82 Å². The number of halogens is 1. The van der Waals surface area contributed by atoms with Crippen LogP contribution in [0.1, 0.15) is 12.5 Å². The lowest BCUT2D eigenvalue weighted by molar-refractivity contribution is -0.114. The number of amides is 1. The molecular formula is C9H10FN3O2. The van der Waals surface area contributed by atoms with Crippen molar-refractivity contribution in [2.45, 2.75) is 6.92 Å². The van der Waals surface area contributed by atoms with Crippen molar-refractivity contribution < 1.29 is 14.4 Å². The predicted molar refractivity (Wildman–Crippen MR) is 53.2 cm³/mol. The van der Waals surface area contributed by atoms with E-state index in [2.05, 4.69) is 10.5 Å². The summed E-state index contributed by atoms with van der Waals surface area (Å²) in [7, 11) is 0. The molecule has 1 amide bonds. The molecule has 0 atom stereocenters. The molecule has 0 fully saturated rings. The van der Waals surface area contributed by atoms with E-state index >= 15 is 0 Å². The Bertz CT molecular complexity index is 418. The number of amidine groups is 1. The second-order valence-corrected chi connectivity index (χ2v) is 2.83. The molecule has 0 aliphatic heterocycles. The minimum atomic E-state index is -0.670. The highest BCUT2D eigenvalue weighted by molar-refractivity contribution is 6.05. The van der Waals surface area contributed by atoms with Gasteiger partial charge >= 0.3 is 0 Å². The lowest BCUT2D eigenvalue weighted by atomic mass is 10.1. The molecule has 0 aliphatic carbocycles. The average Bonchev–Trinajstić information content (AvgIpc) is 2.16. The lowest BCUT2D eigenvalue weighted by Gasteiger charge is -2.08. The molecule has 0 radical (unpaired) electrons. The largest absolute Gasteiger partial charge is 0.409 e. The summed E-state index contributed by atoms with van der Waals surface area (Å²) in [6.07, 6.45) is 0. The molecule has 0 saturated carbocycles. The van der Waals surface area contributed by atoms with Crippen LogP contribution < -0.4 is 11.1 Å². The van der Waals surface area contributed by atoms with Gasteiger partial charge in [-0.2, -0.15) is 0 Å². The number of nitrogens with zero attached hydrogens (tertiary/aromatic N) is 1. The first-order chi connectivity index (χ1) is 7.06. The maximum atomic E-state index is 13.3. The van der Waals surface area contributed by atoms with Gasteiger partial charge in [0.2, 0.25) is 5.91 Å². The van der Waals surface area contributed by atoms with Crippen LogP contribution in [0.2, 0.25) is 0 Å². The highest BCUT2D eigenvalue weighted by Crippen LogP contribution is 2.18. The minimum absolute atomic E-state index is 0.129. The molecule has 80 valence electrons. The maximum absolute atomic E-state index is 13.3. The van der Waals surface area contributed by atoms with Gasteiger partial charge in [-0.05, 0) is 12.1 Å². The second kappa shape index (κ2) is 4.41. The van der Waals surface area contributed by atoms with Crippen molar-refractivity contribution >= 4 is 17.4 Å². The summed E-state index contributed by atoms with van der Waals surface area (Å²) in [6.45, 7) is 1.28. The van der Waals surface area contributed by atoms with E-state index in [1.807, 2.05) is 0 Å². The van der Waals surface area contributed by atoms with Crippen molar-refractivity contribution in [2.24, 2.45) is 10.9 Å². The number of nitrogens with one attached hydrogen (secondary N) is 1. The lowest BCUT2D eigenvalue weighted by Crippen LogP contribution is -2.19. The van der Waals surface area contributed by atoms with Crippen molar-refractivity contribution in [3.8, 4) is 0 Å². The van der Waals surface area contributed by atoms with Crippen molar-refractivity contribution in [1.82, 2.24) is 0 Å². The fraction of sp³-hybridized carbons (Fsp3) is 0.111. The number of nitrogens with two attached hydrogens (primary N) is 1. The molecule has 4 N–H and O–H groups in total. The van der Waals surface area contributed by atoms with Crippen LogP contribution in [-0.2, 0) is 4.79 Å². The number of hydrogen-bond acceptors (Lipinski definition) is 3. The van der Waals surface area contributed by atoms with Gasteiger partial charge < -0.3 is 16.3 Å². The number of rotatable bonds is 2. The summed E-state index contributed by atoms with van der Waals surface area (Å²) < 4.78 is 13.3. The van der Waals surface area contributed by atoms with Crippen LogP contribution >= 0.6 is 0 Å². The first-order valence-electron chi connectivity index (χ1n) is 4.10. The predicted octanol–water partition coefficient (Wildman–Crippen LogP) is 0.879. The number of benzene rings is 1. The van der Waals surface area contributed by atoms with Gasteiger partial charge in [-0.15, -0.1) is 0 Å². The highest BCUT2D eigenvalue weighted by atomic mass is 19.1. The third kappa shape index (κ3) is 2.43. The van der Waals surface area contributed by atoms with E-state index in [0.717, 1.165) is 6.07 Å². The summed E-state index contributed by atoms with van der Waals surface area (Å²) >= 11 is 0. The standard InChI is InChI=1S/C9H10FN3O2/c1-5(14)12-7-4-2-3-6(10)8(7)9(11)13-15/h2-4,15H,1H3,(H2,11,13)(H,12,14). The van der Waals surface area contributed by atoms with Gasteiger partial charge in [0, 0.05) is 6.92 Å². The van der Waals surface area contributed by atoms with Gasteiger partial charge in [-0.25, -0.2) is 4.39 Å². The normalized spacial score (nSPS) is 11.2. The molecule has 0 spiro atoms. The van der Waals surface area contributed by atoms with Crippen molar-refractivity contribution in [3.63, 3.8) is 0 Å². The zero-order valence-electron chi connectivity index (χ0n) is 7.99. The van der Waals surface area contributed by atoms with Crippen LogP contribution in [0.15, 0.2) is 23.4 Å². The third-order valence-corrected chi connectivity index (χ3v) is 1.69. The quantitative estimate of drug-likeness (QED) is 0.293. The summed E-state index contributed by atoms with van der Waals surface area (Å²) in [5.74, 6) is -1.43. The third-order valence-electron chi connectivity index (χ3n) is 1.69. The van der Waals surface area contributed by atoms with E-state index in [1.165, 1.54) is 19.1 Å². The Morgan fingerprint density at radius 2 is 2.27 bits per heavy atom. The Labute approximate surface area is 85.4 Å². The van der Waals surface area contributed by atoms with Gasteiger partial charge in [0.25, 0.3) is 0 Å². The smallest absolute Gasteiger partial charge is 0.221 e. The molecule has 0 heterocycles. The molecule has 1 aromatic rings. The monoisotopic (exact) mass is 211 g/mol. The van der Waals surface area contributed by atoms with Crippen molar-refractivity contribution in [1.29, 1.82) is 0 Å². The summed E-state index contributed by atoms with van der Waals surface area (Å²) in [6, 6.07) is 4.02. The Morgan fingerprint density at radius 3 is 2.80 bits per heavy atom. The second-order valence-electron chi connectivity index (χ2n) is 2.83. The van der Waals surface area contributed by atoms with Crippen LogP contribution in [0.4, 0.5) is 10.1 Å². The molecular weight excluding hydrogens is 201 g/mol. The number of hydrogen-bond donors (Lipinski definition) is 3. The summed E-state index contributed by atoms with van der Waals surface area (Å²) in [5, 5.41) is 13.5. The zero-order valence-corrected chi connectivity index (χ0v) is 7.99. The van der Waals surface area contributed by atoms with Crippen LogP contribution in [0, 0.1) is 5.82 Å². The SMILES string of the molecule is CC(=O)Nc1cccc(F)c1/C(N)=N/O. The molecule has 5 nitrogen and oxygen atoms in total. The molecule has 0 unspecified atom stereocenters. The van der Waals surface area contributed by atoms with Gasteiger partial charge in [0.05, 0.1) is 11.3 Å². The molecule has 1 rings (SSSR count). The van der Waals surface area contributed by atoms with Crippen LogP contribution in [0.5, 0.6) is 0 Å². The molecule has 15 heavy (non-hydrogen) atoms. The van der Waals surface area contributed by atoms with Crippen LogP contribution in [0.25, 0.3) is 0 Å². The van der Waals surface area contributed by atoms with Gasteiger partial charge in [-0.3, -0.25) is 4.79 Å². The molecule has 6 heteroatoms. The van der Waals surface area contributed by atoms with Crippen LogP contribution in [0.3, 0.4) is 0 Å². The molecule has 0 aliphatic rings. The maximum Gasteiger partial charge on any atom is 0.221 e. The van der Waals surface area contributed by atoms with E-state index in [0.29, 0.717) is 0 Å². The van der Waals surface area contributed by atoms with Crippen molar-refractivity contribution in [2.75, 3.05) is 5.32 Å². The van der Waals surface area contributed by atoms with Crippen LogP contribution in [-0.4, -0.2) is 17.0 Å². The first kappa shape index (κ1) is 11.0. The van der Waals surface area contributed by atoms with E-state index < -0.39 is 11.7 Å². The Balaban J connectivity index is 3.26. The van der Waals surface area contributed by atoms with E-state index in [1.54, 1.807) is 0 Å². The van der Waals surface area contributed by atoms with Gasteiger partial charge in [0.15, 0.2) is 5.84 Å². The van der Waals surface area contributed by atoms with E-state index in [-0.39, 0.29) is 17.2 Å².